The number of aromatic amines is 1. The Labute approximate surface area is 227 Å². The van der Waals surface area contributed by atoms with Gasteiger partial charge < -0.3 is 34.1 Å². The highest BCUT2D eigenvalue weighted by atomic mass is 16.6. The normalized spacial score (nSPS) is 14.7. The number of aryl methyl sites for hydroxylation is 1. The van der Waals surface area contributed by atoms with Gasteiger partial charge in [0.05, 0.1) is 20.3 Å². The van der Waals surface area contributed by atoms with Crippen LogP contribution in [-0.2, 0) is 11.3 Å². The summed E-state index contributed by atoms with van der Waals surface area (Å²) in [6.07, 6.45) is 1.98. The lowest BCUT2D eigenvalue weighted by molar-refractivity contribution is 0.00218. The standard InChI is InChI=1S/C27H39N3O6.C2H6/c1-18-13-22(28-15-18)25(32)30(16-20-7-8-21(34-5)14-24(20)35-6)17-23(31)19-9-11-29(12-10-19)26(33)36-27(2,3)4;1-2/h7-8,13-15,19,23,28,31H,9-12,16-17H2,1-6H3;1-2H3. The Bertz CT molecular complexity index is 1040. The highest BCUT2D eigenvalue weighted by Crippen LogP contribution is 2.28. The van der Waals surface area contributed by atoms with Crippen molar-refractivity contribution in [2.24, 2.45) is 5.92 Å². The second-order valence-electron chi connectivity index (χ2n) is 10.3. The van der Waals surface area contributed by atoms with E-state index in [4.69, 9.17) is 14.2 Å². The molecule has 1 aliphatic heterocycles. The van der Waals surface area contributed by atoms with E-state index in [1.807, 2.05) is 53.7 Å². The summed E-state index contributed by atoms with van der Waals surface area (Å²) in [6, 6.07) is 7.26. The van der Waals surface area contributed by atoms with Crippen molar-refractivity contribution in [1.29, 1.82) is 0 Å². The molecule has 0 saturated carbocycles. The molecule has 0 aliphatic carbocycles. The number of H-pyrrole nitrogens is 1. The highest BCUT2D eigenvalue weighted by molar-refractivity contribution is 5.92. The molecule has 2 heterocycles. The SMILES string of the molecule is CC.COc1ccc(CN(CC(O)C2CCN(C(=O)OC(C)(C)C)CC2)C(=O)c2cc(C)c[nH]2)c(OC)c1. The Morgan fingerprint density at radius 1 is 1.13 bits per heavy atom. The number of hydrogen-bond acceptors (Lipinski definition) is 6. The molecule has 1 fully saturated rings. The van der Waals surface area contributed by atoms with Crippen molar-refractivity contribution in [3.8, 4) is 11.5 Å². The number of aromatic nitrogens is 1. The highest BCUT2D eigenvalue weighted by Gasteiger charge is 2.32. The van der Waals surface area contributed by atoms with Crippen LogP contribution in [0.5, 0.6) is 11.5 Å². The minimum atomic E-state index is -0.741. The topological polar surface area (TPSA) is 104 Å². The van der Waals surface area contributed by atoms with Crippen LogP contribution in [0.25, 0.3) is 0 Å². The van der Waals surface area contributed by atoms with E-state index < -0.39 is 11.7 Å². The maximum atomic E-state index is 13.4. The van der Waals surface area contributed by atoms with E-state index in [1.165, 1.54) is 0 Å². The number of benzene rings is 1. The van der Waals surface area contributed by atoms with Gasteiger partial charge in [-0.2, -0.15) is 0 Å². The van der Waals surface area contributed by atoms with Crippen molar-refractivity contribution in [2.45, 2.75) is 72.6 Å². The van der Waals surface area contributed by atoms with Crippen LogP contribution in [-0.4, -0.2) is 77.4 Å². The van der Waals surface area contributed by atoms with Gasteiger partial charge in [0.2, 0.25) is 0 Å². The largest absolute Gasteiger partial charge is 0.497 e. The fraction of sp³-hybridized carbons (Fsp3) is 0.586. The van der Waals surface area contributed by atoms with E-state index >= 15 is 0 Å². The molecule has 1 aliphatic rings. The molecule has 3 rings (SSSR count). The van der Waals surface area contributed by atoms with Crippen molar-refractivity contribution in [3.63, 3.8) is 0 Å². The molecule has 2 N–H and O–H groups in total. The summed E-state index contributed by atoms with van der Waals surface area (Å²) in [5.41, 5.74) is 1.68. The molecule has 9 nitrogen and oxygen atoms in total. The maximum Gasteiger partial charge on any atom is 0.410 e. The minimum absolute atomic E-state index is 0.0397. The molecule has 9 heteroatoms. The molecule has 2 amide bonds. The average Bonchev–Trinajstić information content (AvgIpc) is 3.34. The first-order valence-corrected chi connectivity index (χ1v) is 13.3. The monoisotopic (exact) mass is 531 g/mol. The number of piperidine rings is 1. The van der Waals surface area contributed by atoms with Gasteiger partial charge in [0.25, 0.3) is 5.91 Å². The number of methoxy groups -OCH3 is 2. The molecular weight excluding hydrogens is 486 g/mol. The summed E-state index contributed by atoms with van der Waals surface area (Å²) in [5.74, 6) is 1.02. The predicted octanol–water partition coefficient (Wildman–Crippen LogP) is 5.02. The van der Waals surface area contributed by atoms with Crippen LogP contribution >= 0.6 is 0 Å². The van der Waals surface area contributed by atoms with Gasteiger partial charge in [0.1, 0.15) is 22.8 Å². The Balaban J connectivity index is 0.00000247. The van der Waals surface area contributed by atoms with Crippen molar-refractivity contribution in [2.75, 3.05) is 33.9 Å². The first kappa shape index (κ1) is 31.0. The van der Waals surface area contributed by atoms with Crippen LogP contribution < -0.4 is 9.47 Å². The third kappa shape index (κ3) is 8.68. The summed E-state index contributed by atoms with van der Waals surface area (Å²) in [5, 5.41) is 11.2. The van der Waals surface area contributed by atoms with Crippen LogP contribution in [0, 0.1) is 12.8 Å². The number of carbonyl (C=O) groups is 2. The number of amides is 2. The summed E-state index contributed by atoms with van der Waals surface area (Å²) >= 11 is 0. The lowest BCUT2D eigenvalue weighted by Gasteiger charge is -2.36. The fourth-order valence-electron chi connectivity index (χ4n) is 4.37. The number of aliphatic hydroxyl groups excluding tert-OH is 1. The third-order valence-electron chi connectivity index (χ3n) is 6.34. The molecule has 1 saturated heterocycles. The Hall–Kier alpha value is -3.20. The van der Waals surface area contributed by atoms with E-state index in [9.17, 15) is 14.7 Å². The zero-order chi connectivity index (χ0) is 28.5. The number of nitrogens with zero attached hydrogens (tertiary/aromatic N) is 2. The van der Waals surface area contributed by atoms with Gasteiger partial charge in [-0.25, -0.2) is 4.79 Å². The van der Waals surface area contributed by atoms with Crippen LogP contribution in [0.1, 0.15) is 69.1 Å². The first-order chi connectivity index (χ1) is 18.0. The van der Waals surface area contributed by atoms with Crippen molar-refractivity contribution in [3.05, 3.63) is 47.3 Å². The summed E-state index contributed by atoms with van der Waals surface area (Å²) in [6.45, 7) is 12.9. The van der Waals surface area contributed by atoms with Crippen molar-refractivity contribution in [1.82, 2.24) is 14.8 Å². The quantitative estimate of drug-likeness (QED) is 0.496. The number of nitrogens with one attached hydrogen (secondary N) is 1. The maximum absolute atomic E-state index is 13.4. The van der Waals surface area contributed by atoms with E-state index in [2.05, 4.69) is 4.98 Å². The molecule has 1 aromatic heterocycles. The van der Waals surface area contributed by atoms with Gasteiger partial charge in [0, 0.05) is 44.0 Å². The van der Waals surface area contributed by atoms with Crippen molar-refractivity contribution < 1.29 is 28.9 Å². The zero-order valence-electron chi connectivity index (χ0n) is 24.2. The molecular formula is C29H45N3O6. The van der Waals surface area contributed by atoms with E-state index in [1.54, 1.807) is 42.3 Å². The molecule has 1 unspecified atom stereocenters. The average molecular weight is 532 g/mol. The molecule has 0 radical (unpaired) electrons. The lowest BCUT2D eigenvalue weighted by Crippen LogP contribution is -2.46. The summed E-state index contributed by atoms with van der Waals surface area (Å²) in [4.78, 5) is 32.2. The molecule has 0 spiro atoms. The van der Waals surface area contributed by atoms with Crippen LogP contribution in [0.4, 0.5) is 4.79 Å². The Kier molecular flexibility index (Phi) is 11.5. The van der Waals surface area contributed by atoms with Gasteiger partial charge in [0.15, 0.2) is 0 Å². The predicted molar refractivity (Wildman–Crippen MR) is 148 cm³/mol. The third-order valence-corrected chi connectivity index (χ3v) is 6.34. The van der Waals surface area contributed by atoms with E-state index in [0.29, 0.717) is 43.1 Å². The smallest absolute Gasteiger partial charge is 0.410 e. The molecule has 2 aromatic rings. The van der Waals surface area contributed by atoms with Gasteiger partial charge in [-0.05, 0) is 70.2 Å². The van der Waals surface area contributed by atoms with Crippen molar-refractivity contribution >= 4 is 12.0 Å². The van der Waals surface area contributed by atoms with E-state index in [-0.39, 0.29) is 31.0 Å². The fourth-order valence-corrected chi connectivity index (χ4v) is 4.37. The van der Waals surface area contributed by atoms with Gasteiger partial charge >= 0.3 is 6.09 Å². The number of hydrogen-bond donors (Lipinski definition) is 2. The molecule has 38 heavy (non-hydrogen) atoms. The minimum Gasteiger partial charge on any atom is -0.497 e. The van der Waals surface area contributed by atoms with Gasteiger partial charge in [-0.1, -0.05) is 13.8 Å². The second kappa shape index (κ2) is 14.1. The number of carbonyl (C=O) groups excluding carboxylic acids is 2. The first-order valence-electron chi connectivity index (χ1n) is 13.3. The summed E-state index contributed by atoms with van der Waals surface area (Å²) < 4.78 is 16.3. The van der Waals surface area contributed by atoms with Gasteiger partial charge in [-0.15, -0.1) is 0 Å². The molecule has 1 atom stereocenters. The van der Waals surface area contributed by atoms with E-state index in [0.717, 1.165) is 11.1 Å². The molecule has 212 valence electrons. The Morgan fingerprint density at radius 3 is 2.32 bits per heavy atom. The second-order valence-corrected chi connectivity index (χ2v) is 10.3. The number of aliphatic hydroxyl groups is 1. The lowest BCUT2D eigenvalue weighted by atomic mass is 9.91. The van der Waals surface area contributed by atoms with Crippen LogP contribution in [0.2, 0.25) is 0 Å². The molecule has 0 bridgehead atoms. The number of rotatable bonds is 8. The Morgan fingerprint density at radius 2 is 1.79 bits per heavy atom. The number of ether oxygens (including phenoxy) is 3. The number of likely N-dealkylation sites (tertiary alicyclic amines) is 1. The van der Waals surface area contributed by atoms with Crippen LogP contribution in [0.3, 0.4) is 0 Å². The van der Waals surface area contributed by atoms with Gasteiger partial charge in [-0.3, -0.25) is 4.79 Å². The van der Waals surface area contributed by atoms with Crippen LogP contribution in [0.15, 0.2) is 30.5 Å². The summed E-state index contributed by atoms with van der Waals surface area (Å²) in [7, 11) is 3.16. The molecule has 1 aromatic carbocycles. The zero-order valence-corrected chi connectivity index (χ0v) is 24.2.